The fourth-order valence-electron chi connectivity index (χ4n) is 3.61. The van der Waals surface area contributed by atoms with Crippen molar-refractivity contribution in [2.75, 3.05) is 19.6 Å². The molecule has 1 saturated carbocycles. The molecule has 2 atom stereocenters. The zero-order chi connectivity index (χ0) is 13.9. The van der Waals surface area contributed by atoms with Crippen LogP contribution in [-0.2, 0) is 0 Å². The molecule has 2 aliphatic rings. The highest BCUT2D eigenvalue weighted by Gasteiger charge is 2.38. The number of nitrogens with zero attached hydrogens (tertiary/aromatic N) is 1. The van der Waals surface area contributed by atoms with Crippen LogP contribution in [0.1, 0.15) is 45.4 Å². The second-order valence-electron chi connectivity index (χ2n) is 6.19. The van der Waals surface area contributed by atoms with Crippen LogP contribution in [0.5, 0.6) is 0 Å². The van der Waals surface area contributed by atoms with Gasteiger partial charge in [-0.05, 0) is 44.7 Å². The van der Waals surface area contributed by atoms with Gasteiger partial charge in [0.1, 0.15) is 0 Å². The minimum atomic E-state index is -4.08. The summed E-state index contributed by atoms with van der Waals surface area (Å²) in [6, 6.07) is 0.242. The highest BCUT2D eigenvalue weighted by molar-refractivity contribution is 4.87. The van der Waals surface area contributed by atoms with E-state index < -0.39 is 12.7 Å². The van der Waals surface area contributed by atoms with Crippen LogP contribution in [-0.4, -0.2) is 42.8 Å². The van der Waals surface area contributed by atoms with Crippen LogP contribution in [0.25, 0.3) is 0 Å². The van der Waals surface area contributed by atoms with Gasteiger partial charge < -0.3 is 5.32 Å². The van der Waals surface area contributed by atoms with Crippen LogP contribution >= 0.6 is 0 Å². The number of piperidine rings is 1. The summed E-state index contributed by atoms with van der Waals surface area (Å²) in [4.78, 5) is 1.77. The van der Waals surface area contributed by atoms with E-state index in [9.17, 15) is 13.2 Å². The predicted molar refractivity (Wildman–Crippen MR) is 70.1 cm³/mol. The standard InChI is InChI=1S/C14H25F3N2/c1-11-3-2-4-13(9-11)19(10-14(15,16)17)12-5-7-18-8-6-12/h11-13,18H,2-10H2,1H3. The molecule has 19 heavy (non-hydrogen) atoms. The third kappa shape index (κ3) is 4.63. The Kier molecular flexibility index (Phi) is 5.12. The van der Waals surface area contributed by atoms with Crippen LogP contribution < -0.4 is 5.32 Å². The van der Waals surface area contributed by atoms with Crippen molar-refractivity contribution in [3.8, 4) is 0 Å². The second-order valence-corrected chi connectivity index (χ2v) is 6.19. The molecule has 2 unspecified atom stereocenters. The summed E-state index contributed by atoms with van der Waals surface area (Å²) < 4.78 is 38.6. The molecule has 1 aliphatic carbocycles. The first kappa shape index (κ1) is 15.1. The average molecular weight is 278 g/mol. The maximum absolute atomic E-state index is 12.9. The van der Waals surface area contributed by atoms with Gasteiger partial charge in [-0.25, -0.2) is 0 Å². The van der Waals surface area contributed by atoms with Gasteiger partial charge in [0.15, 0.2) is 0 Å². The molecule has 0 spiro atoms. The summed E-state index contributed by atoms with van der Waals surface area (Å²) in [7, 11) is 0. The third-order valence-corrected chi connectivity index (χ3v) is 4.52. The maximum atomic E-state index is 12.9. The normalized spacial score (nSPS) is 30.8. The molecule has 0 radical (unpaired) electrons. The summed E-state index contributed by atoms with van der Waals surface area (Å²) >= 11 is 0. The van der Waals surface area contributed by atoms with Gasteiger partial charge in [-0.15, -0.1) is 0 Å². The first-order valence-electron chi connectivity index (χ1n) is 7.49. The SMILES string of the molecule is CC1CCCC(N(CC(F)(F)F)C2CCNCC2)C1. The highest BCUT2D eigenvalue weighted by atomic mass is 19.4. The molecular weight excluding hydrogens is 253 g/mol. The zero-order valence-electron chi connectivity index (χ0n) is 11.7. The Morgan fingerprint density at radius 2 is 1.74 bits per heavy atom. The monoisotopic (exact) mass is 278 g/mol. The van der Waals surface area contributed by atoms with E-state index in [-0.39, 0.29) is 12.1 Å². The number of hydrogen-bond acceptors (Lipinski definition) is 2. The van der Waals surface area contributed by atoms with E-state index in [1.165, 1.54) is 6.42 Å². The lowest BCUT2D eigenvalue weighted by Crippen LogP contribution is -2.52. The van der Waals surface area contributed by atoms with Crippen molar-refractivity contribution in [1.29, 1.82) is 0 Å². The zero-order valence-corrected chi connectivity index (χ0v) is 11.7. The van der Waals surface area contributed by atoms with Crippen molar-refractivity contribution in [1.82, 2.24) is 10.2 Å². The molecule has 1 aliphatic heterocycles. The van der Waals surface area contributed by atoms with Crippen molar-refractivity contribution in [2.45, 2.75) is 63.7 Å². The fourth-order valence-corrected chi connectivity index (χ4v) is 3.61. The predicted octanol–water partition coefficient (Wildman–Crippen LogP) is 3.18. The van der Waals surface area contributed by atoms with E-state index >= 15 is 0 Å². The summed E-state index contributed by atoms with van der Waals surface area (Å²) in [6.07, 6.45) is 1.73. The molecule has 0 bridgehead atoms. The van der Waals surface area contributed by atoms with Gasteiger partial charge >= 0.3 is 6.18 Å². The lowest BCUT2D eigenvalue weighted by Gasteiger charge is -2.43. The molecule has 1 N–H and O–H groups in total. The number of alkyl halides is 3. The van der Waals surface area contributed by atoms with Gasteiger partial charge in [-0.2, -0.15) is 13.2 Å². The van der Waals surface area contributed by atoms with Crippen molar-refractivity contribution < 1.29 is 13.2 Å². The van der Waals surface area contributed by atoms with Gasteiger partial charge in [0.05, 0.1) is 6.54 Å². The Balaban J connectivity index is 2.03. The maximum Gasteiger partial charge on any atom is 0.401 e. The van der Waals surface area contributed by atoms with E-state index in [2.05, 4.69) is 12.2 Å². The Bertz CT molecular complexity index is 274. The lowest BCUT2D eigenvalue weighted by molar-refractivity contribution is -0.160. The van der Waals surface area contributed by atoms with Crippen molar-refractivity contribution >= 4 is 0 Å². The molecule has 0 aromatic heterocycles. The molecule has 112 valence electrons. The minimum Gasteiger partial charge on any atom is -0.317 e. The van der Waals surface area contributed by atoms with E-state index in [4.69, 9.17) is 0 Å². The van der Waals surface area contributed by atoms with Crippen LogP contribution in [0.2, 0.25) is 0 Å². The number of hydrogen-bond donors (Lipinski definition) is 1. The van der Waals surface area contributed by atoms with Crippen LogP contribution in [0.15, 0.2) is 0 Å². The smallest absolute Gasteiger partial charge is 0.317 e. The molecule has 2 nitrogen and oxygen atoms in total. The van der Waals surface area contributed by atoms with Crippen LogP contribution in [0.4, 0.5) is 13.2 Å². The number of rotatable bonds is 3. The topological polar surface area (TPSA) is 15.3 Å². The van der Waals surface area contributed by atoms with Crippen molar-refractivity contribution in [2.24, 2.45) is 5.92 Å². The highest BCUT2D eigenvalue weighted by Crippen LogP contribution is 2.32. The van der Waals surface area contributed by atoms with Gasteiger partial charge in [-0.1, -0.05) is 19.8 Å². The molecule has 5 heteroatoms. The summed E-state index contributed by atoms with van der Waals surface area (Å²) in [5.41, 5.74) is 0. The van der Waals surface area contributed by atoms with E-state index in [0.717, 1.165) is 45.2 Å². The molecule has 0 amide bonds. The molecule has 2 rings (SSSR count). The Hall–Kier alpha value is -0.290. The summed E-state index contributed by atoms with van der Waals surface area (Å²) in [5.74, 6) is 0.566. The second kappa shape index (κ2) is 6.44. The quantitative estimate of drug-likeness (QED) is 0.853. The summed E-state index contributed by atoms with van der Waals surface area (Å²) in [5, 5.41) is 3.24. The first-order valence-corrected chi connectivity index (χ1v) is 7.49. The van der Waals surface area contributed by atoms with Gasteiger partial charge in [0.2, 0.25) is 0 Å². The Morgan fingerprint density at radius 3 is 2.32 bits per heavy atom. The minimum absolute atomic E-state index is 0.109. The molecule has 2 fully saturated rings. The molecule has 1 saturated heterocycles. The largest absolute Gasteiger partial charge is 0.401 e. The van der Waals surface area contributed by atoms with Crippen LogP contribution in [0.3, 0.4) is 0 Å². The third-order valence-electron chi connectivity index (χ3n) is 4.52. The van der Waals surface area contributed by atoms with Gasteiger partial charge in [0, 0.05) is 12.1 Å². The van der Waals surface area contributed by atoms with Gasteiger partial charge in [0.25, 0.3) is 0 Å². The molecule has 0 aromatic carbocycles. The number of halogens is 3. The molecule has 1 heterocycles. The fraction of sp³-hybridized carbons (Fsp3) is 1.00. The van der Waals surface area contributed by atoms with Crippen LogP contribution in [0, 0.1) is 5.92 Å². The first-order chi connectivity index (χ1) is 8.96. The number of nitrogens with one attached hydrogen (secondary N) is 1. The van der Waals surface area contributed by atoms with E-state index in [0.29, 0.717) is 5.92 Å². The Labute approximate surface area is 113 Å². The van der Waals surface area contributed by atoms with E-state index in [1.54, 1.807) is 4.90 Å². The molecule has 0 aromatic rings. The van der Waals surface area contributed by atoms with Gasteiger partial charge in [-0.3, -0.25) is 4.90 Å². The van der Waals surface area contributed by atoms with E-state index in [1.807, 2.05) is 0 Å². The van der Waals surface area contributed by atoms with Crippen molar-refractivity contribution in [3.05, 3.63) is 0 Å². The Morgan fingerprint density at radius 1 is 1.05 bits per heavy atom. The molecular formula is C14H25F3N2. The lowest BCUT2D eigenvalue weighted by atomic mass is 9.85. The van der Waals surface area contributed by atoms with Crippen molar-refractivity contribution in [3.63, 3.8) is 0 Å². The summed E-state index contributed by atoms with van der Waals surface area (Å²) in [6.45, 7) is 3.14. The average Bonchev–Trinajstić information content (AvgIpc) is 2.36.